The lowest BCUT2D eigenvalue weighted by molar-refractivity contribution is 0.168. The van der Waals surface area contributed by atoms with Crippen molar-refractivity contribution in [3.05, 3.63) is 0 Å². The van der Waals surface area contributed by atoms with E-state index in [-0.39, 0.29) is 0 Å². The molecule has 0 saturated heterocycles. The summed E-state index contributed by atoms with van der Waals surface area (Å²) in [6.45, 7) is 7.03. The van der Waals surface area contributed by atoms with E-state index in [1.54, 1.807) is 7.11 Å². The summed E-state index contributed by atoms with van der Waals surface area (Å²) in [5.74, 6) is 0.775. The van der Waals surface area contributed by atoms with Crippen molar-refractivity contribution in [3.63, 3.8) is 0 Å². The molecule has 13 heavy (non-hydrogen) atoms. The molecule has 0 heterocycles. The molecule has 0 bridgehead atoms. The Kier molecular flexibility index (Phi) is 3.34. The summed E-state index contributed by atoms with van der Waals surface area (Å²) in [5, 5.41) is 4.03. The minimum Gasteiger partial charge on any atom is -0.399 e. The highest BCUT2D eigenvalue weighted by atomic mass is 16.6. The summed E-state index contributed by atoms with van der Waals surface area (Å²) in [4.78, 5) is 4.80. The molecule has 0 N–H and O–H groups in total. The van der Waals surface area contributed by atoms with Crippen molar-refractivity contribution >= 4 is 5.71 Å². The molecule has 2 heteroatoms. The Balaban J connectivity index is 2.51. The van der Waals surface area contributed by atoms with Gasteiger partial charge in [-0.05, 0) is 37.0 Å². The average Bonchev–Trinajstić information content (AvgIpc) is 2.09. The molecule has 0 atom stereocenters. The Morgan fingerprint density at radius 3 is 2.23 bits per heavy atom. The van der Waals surface area contributed by atoms with Gasteiger partial charge in [0.25, 0.3) is 0 Å². The molecule has 76 valence electrons. The number of hydrogen-bond acceptors (Lipinski definition) is 2. The Bertz CT molecular complexity index is 186. The van der Waals surface area contributed by atoms with Gasteiger partial charge in [-0.15, -0.1) is 0 Å². The fourth-order valence-electron chi connectivity index (χ4n) is 1.91. The molecule has 0 aromatic heterocycles. The van der Waals surface area contributed by atoms with Crippen molar-refractivity contribution in [2.24, 2.45) is 16.5 Å². The van der Waals surface area contributed by atoms with Crippen LogP contribution in [0.5, 0.6) is 0 Å². The van der Waals surface area contributed by atoms with Crippen LogP contribution in [0.25, 0.3) is 0 Å². The second kappa shape index (κ2) is 4.12. The van der Waals surface area contributed by atoms with Gasteiger partial charge in [0, 0.05) is 0 Å². The van der Waals surface area contributed by atoms with Gasteiger partial charge in [-0.1, -0.05) is 25.9 Å². The maximum Gasteiger partial charge on any atom is 0.106 e. The van der Waals surface area contributed by atoms with Crippen LogP contribution in [-0.2, 0) is 4.84 Å². The van der Waals surface area contributed by atoms with E-state index < -0.39 is 0 Å². The summed E-state index contributed by atoms with van der Waals surface area (Å²) < 4.78 is 0. The van der Waals surface area contributed by atoms with E-state index >= 15 is 0 Å². The van der Waals surface area contributed by atoms with Crippen LogP contribution < -0.4 is 0 Å². The Hall–Kier alpha value is -0.530. The van der Waals surface area contributed by atoms with Gasteiger partial charge in [0.05, 0.1) is 5.71 Å². The predicted molar refractivity (Wildman–Crippen MR) is 55.9 cm³/mol. The highest BCUT2D eigenvalue weighted by Gasteiger charge is 2.32. The molecule has 1 aliphatic rings. The highest BCUT2D eigenvalue weighted by molar-refractivity contribution is 5.84. The zero-order valence-corrected chi connectivity index (χ0v) is 9.26. The van der Waals surface area contributed by atoms with Crippen LogP contribution in [0.2, 0.25) is 0 Å². The largest absolute Gasteiger partial charge is 0.399 e. The maximum absolute atomic E-state index is 4.80. The van der Waals surface area contributed by atoms with E-state index in [1.807, 2.05) is 0 Å². The monoisotopic (exact) mass is 183 g/mol. The smallest absolute Gasteiger partial charge is 0.106 e. The maximum atomic E-state index is 4.80. The standard InChI is InChI=1S/C11H21NO/c1-9(2)11(3)7-5-10(6-8-11)12-13-4/h9H,5-8H2,1-4H3. The molecule has 0 aromatic carbocycles. The molecule has 0 aromatic rings. The third kappa shape index (κ3) is 2.45. The van der Waals surface area contributed by atoms with Gasteiger partial charge in [-0.3, -0.25) is 0 Å². The lowest BCUT2D eigenvalue weighted by Gasteiger charge is -2.37. The van der Waals surface area contributed by atoms with E-state index in [0.717, 1.165) is 18.8 Å². The van der Waals surface area contributed by atoms with Crippen molar-refractivity contribution in [1.29, 1.82) is 0 Å². The van der Waals surface area contributed by atoms with Crippen molar-refractivity contribution in [3.8, 4) is 0 Å². The van der Waals surface area contributed by atoms with Crippen LogP contribution in [0.15, 0.2) is 5.16 Å². The number of hydrogen-bond donors (Lipinski definition) is 0. The van der Waals surface area contributed by atoms with E-state index in [1.165, 1.54) is 18.6 Å². The summed E-state index contributed by atoms with van der Waals surface area (Å²) in [5.41, 5.74) is 1.76. The van der Waals surface area contributed by atoms with Crippen molar-refractivity contribution in [2.75, 3.05) is 7.11 Å². The molecular weight excluding hydrogens is 162 g/mol. The molecule has 1 aliphatic carbocycles. The normalized spacial score (nSPS) is 29.2. The van der Waals surface area contributed by atoms with E-state index in [4.69, 9.17) is 4.84 Å². The summed E-state index contributed by atoms with van der Waals surface area (Å²) >= 11 is 0. The molecule has 0 spiro atoms. The summed E-state index contributed by atoms with van der Waals surface area (Å²) in [7, 11) is 1.63. The van der Waals surface area contributed by atoms with Crippen LogP contribution in [0, 0.1) is 11.3 Å². The molecule has 0 unspecified atom stereocenters. The second-order valence-electron chi connectivity index (χ2n) is 4.65. The van der Waals surface area contributed by atoms with Crippen LogP contribution in [0.3, 0.4) is 0 Å². The van der Waals surface area contributed by atoms with Gasteiger partial charge in [0.2, 0.25) is 0 Å². The first-order valence-corrected chi connectivity index (χ1v) is 5.17. The molecule has 0 aliphatic heterocycles. The molecule has 1 fully saturated rings. The van der Waals surface area contributed by atoms with E-state index in [9.17, 15) is 0 Å². The molecule has 1 rings (SSSR count). The van der Waals surface area contributed by atoms with Gasteiger partial charge in [0.15, 0.2) is 0 Å². The van der Waals surface area contributed by atoms with Crippen LogP contribution in [-0.4, -0.2) is 12.8 Å². The number of rotatable bonds is 2. The topological polar surface area (TPSA) is 21.6 Å². The predicted octanol–water partition coefficient (Wildman–Crippen LogP) is 3.23. The van der Waals surface area contributed by atoms with Gasteiger partial charge in [-0.25, -0.2) is 0 Å². The first kappa shape index (κ1) is 10.6. The van der Waals surface area contributed by atoms with E-state index in [2.05, 4.69) is 25.9 Å². The minimum atomic E-state index is 0.521. The Labute approximate surface area is 81.3 Å². The fourth-order valence-corrected chi connectivity index (χ4v) is 1.91. The zero-order valence-electron chi connectivity index (χ0n) is 9.26. The SMILES string of the molecule is CON=C1CCC(C)(C(C)C)CC1. The van der Waals surface area contributed by atoms with Crippen molar-refractivity contribution in [1.82, 2.24) is 0 Å². The van der Waals surface area contributed by atoms with Crippen molar-refractivity contribution in [2.45, 2.75) is 46.5 Å². The van der Waals surface area contributed by atoms with Crippen LogP contribution in [0.4, 0.5) is 0 Å². The lowest BCUT2D eigenvalue weighted by atomic mass is 9.68. The first-order valence-electron chi connectivity index (χ1n) is 5.17. The van der Waals surface area contributed by atoms with Crippen LogP contribution >= 0.6 is 0 Å². The Morgan fingerprint density at radius 1 is 1.31 bits per heavy atom. The minimum absolute atomic E-state index is 0.521. The molecule has 0 amide bonds. The van der Waals surface area contributed by atoms with Gasteiger partial charge < -0.3 is 4.84 Å². The molecule has 0 radical (unpaired) electrons. The zero-order chi connectivity index (χ0) is 9.90. The molecular formula is C11H21NO. The Morgan fingerprint density at radius 2 is 1.85 bits per heavy atom. The average molecular weight is 183 g/mol. The quantitative estimate of drug-likeness (QED) is 0.602. The third-order valence-corrected chi connectivity index (χ3v) is 3.58. The fraction of sp³-hybridized carbons (Fsp3) is 0.909. The van der Waals surface area contributed by atoms with Gasteiger partial charge >= 0.3 is 0 Å². The highest BCUT2D eigenvalue weighted by Crippen LogP contribution is 2.40. The van der Waals surface area contributed by atoms with Gasteiger partial charge in [0.1, 0.15) is 7.11 Å². The number of oxime groups is 1. The summed E-state index contributed by atoms with van der Waals surface area (Å²) in [6.07, 6.45) is 4.74. The van der Waals surface area contributed by atoms with E-state index in [0.29, 0.717) is 5.41 Å². The first-order chi connectivity index (χ1) is 6.08. The summed E-state index contributed by atoms with van der Waals surface area (Å²) in [6, 6.07) is 0. The second-order valence-corrected chi connectivity index (χ2v) is 4.65. The number of nitrogens with zero attached hydrogens (tertiary/aromatic N) is 1. The molecule has 2 nitrogen and oxygen atoms in total. The van der Waals surface area contributed by atoms with Gasteiger partial charge in [-0.2, -0.15) is 0 Å². The third-order valence-electron chi connectivity index (χ3n) is 3.58. The van der Waals surface area contributed by atoms with Crippen molar-refractivity contribution < 1.29 is 4.84 Å². The lowest BCUT2D eigenvalue weighted by Crippen LogP contribution is -2.29. The molecule has 1 saturated carbocycles. The van der Waals surface area contributed by atoms with Crippen LogP contribution in [0.1, 0.15) is 46.5 Å².